The topological polar surface area (TPSA) is 98.5 Å². The summed E-state index contributed by atoms with van der Waals surface area (Å²) in [6, 6.07) is 8.40. The van der Waals surface area contributed by atoms with Crippen LogP contribution in [0.1, 0.15) is 23.0 Å². The number of nitrogens with zero attached hydrogens (tertiary/aromatic N) is 1. The van der Waals surface area contributed by atoms with Crippen molar-refractivity contribution in [2.75, 3.05) is 11.9 Å². The minimum atomic E-state index is -0.723. The minimum absolute atomic E-state index is 0.0261. The van der Waals surface area contributed by atoms with Gasteiger partial charge >= 0.3 is 11.6 Å². The highest BCUT2D eigenvalue weighted by Crippen LogP contribution is 2.18. The Morgan fingerprint density at radius 1 is 1.32 bits per heavy atom. The molecular formula is C17H14N2O5S. The van der Waals surface area contributed by atoms with Crippen molar-refractivity contribution in [3.8, 4) is 0 Å². The number of thiazole rings is 1. The van der Waals surface area contributed by atoms with E-state index in [1.165, 1.54) is 6.07 Å². The Kier molecular flexibility index (Phi) is 4.90. The largest absolute Gasteiger partial charge is 0.466 e. The first-order chi connectivity index (χ1) is 12.1. The number of esters is 1. The standard InChI is InChI=1S/C17H14N2O5S/c1-2-23-14(20)8-11-9-25-17(18-11)19-15(21)12-7-10-5-3-4-6-13(10)24-16(12)22/h3-7,9H,2,8H2,1H3,(H,18,19,21). The lowest BCUT2D eigenvalue weighted by atomic mass is 10.2. The van der Waals surface area contributed by atoms with E-state index in [4.69, 9.17) is 9.15 Å². The van der Waals surface area contributed by atoms with Crippen LogP contribution in [0, 0.1) is 0 Å². The maximum Gasteiger partial charge on any atom is 0.349 e. The SMILES string of the molecule is CCOC(=O)Cc1csc(NC(=O)c2cc3ccccc3oc2=O)n1. The molecule has 128 valence electrons. The summed E-state index contributed by atoms with van der Waals surface area (Å²) in [5.74, 6) is -1.00. The molecule has 3 rings (SSSR count). The number of rotatable bonds is 5. The number of amides is 1. The van der Waals surface area contributed by atoms with E-state index >= 15 is 0 Å². The van der Waals surface area contributed by atoms with Crippen molar-refractivity contribution in [1.82, 2.24) is 4.98 Å². The molecule has 8 heteroatoms. The lowest BCUT2D eigenvalue weighted by molar-refractivity contribution is -0.142. The molecule has 0 saturated heterocycles. The van der Waals surface area contributed by atoms with Crippen LogP contribution in [0.25, 0.3) is 11.0 Å². The Bertz CT molecular complexity index is 992. The number of benzene rings is 1. The Balaban J connectivity index is 1.76. The fraction of sp³-hybridized carbons (Fsp3) is 0.176. The molecule has 0 aliphatic rings. The third-order valence-electron chi connectivity index (χ3n) is 3.29. The van der Waals surface area contributed by atoms with Crippen LogP contribution in [0.4, 0.5) is 5.13 Å². The van der Waals surface area contributed by atoms with E-state index in [9.17, 15) is 14.4 Å². The Hall–Kier alpha value is -3.00. The van der Waals surface area contributed by atoms with Gasteiger partial charge in [-0.05, 0) is 19.1 Å². The summed E-state index contributed by atoms with van der Waals surface area (Å²) < 4.78 is 9.99. The first-order valence-corrected chi connectivity index (χ1v) is 8.39. The number of carbonyl (C=O) groups is 2. The molecule has 0 atom stereocenters. The molecule has 0 aliphatic heterocycles. The van der Waals surface area contributed by atoms with Crippen LogP contribution in [0.2, 0.25) is 0 Å². The molecule has 25 heavy (non-hydrogen) atoms. The van der Waals surface area contributed by atoms with Gasteiger partial charge in [0.05, 0.1) is 18.7 Å². The summed E-state index contributed by atoms with van der Waals surface area (Å²) >= 11 is 1.16. The summed E-state index contributed by atoms with van der Waals surface area (Å²) in [7, 11) is 0. The van der Waals surface area contributed by atoms with Gasteiger partial charge in [-0.1, -0.05) is 18.2 Å². The van der Waals surface area contributed by atoms with Gasteiger partial charge in [0.1, 0.15) is 11.1 Å². The summed E-state index contributed by atoms with van der Waals surface area (Å²) in [5.41, 5.74) is 0.0691. The molecule has 2 heterocycles. The Morgan fingerprint density at radius 2 is 2.12 bits per heavy atom. The second-order valence-corrected chi connectivity index (χ2v) is 5.92. The second-order valence-electron chi connectivity index (χ2n) is 5.07. The zero-order valence-electron chi connectivity index (χ0n) is 13.3. The highest BCUT2D eigenvalue weighted by molar-refractivity contribution is 7.14. The Labute approximate surface area is 146 Å². The summed E-state index contributed by atoms with van der Waals surface area (Å²) in [4.78, 5) is 39.9. The molecule has 0 fully saturated rings. The van der Waals surface area contributed by atoms with Crippen molar-refractivity contribution in [1.29, 1.82) is 0 Å². The molecule has 3 aromatic rings. The third kappa shape index (κ3) is 3.92. The van der Waals surface area contributed by atoms with Gasteiger partial charge in [-0.2, -0.15) is 0 Å². The molecule has 2 aromatic heterocycles. The normalized spacial score (nSPS) is 10.6. The van der Waals surface area contributed by atoms with Crippen LogP contribution in [0.5, 0.6) is 0 Å². The number of para-hydroxylation sites is 1. The number of nitrogens with one attached hydrogen (secondary N) is 1. The maximum absolute atomic E-state index is 12.3. The van der Waals surface area contributed by atoms with Gasteiger partial charge in [0.25, 0.3) is 5.91 Å². The van der Waals surface area contributed by atoms with E-state index in [0.29, 0.717) is 23.3 Å². The molecule has 0 saturated carbocycles. The van der Waals surface area contributed by atoms with Crippen LogP contribution >= 0.6 is 11.3 Å². The quantitative estimate of drug-likeness (QED) is 0.556. The highest BCUT2D eigenvalue weighted by Gasteiger charge is 2.16. The van der Waals surface area contributed by atoms with Crippen molar-refractivity contribution in [3.63, 3.8) is 0 Å². The van der Waals surface area contributed by atoms with Gasteiger partial charge in [-0.15, -0.1) is 11.3 Å². The van der Waals surface area contributed by atoms with Crippen LogP contribution < -0.4 is 10.9 Å². The number of fused-ring (bicyclic) bond motifs is 1. The predicted octanol–water partition coefficient (Wildman–Crippen LogP) is 2.61. The molecular weight excluding hydrogens is 344 g/mol. The fourth-order valence-corrected chi connectivity index (χ4v) is 2.90. The smallest absolute Gasteiger partial charge is 0.349 e. The van der Waals surface area contributed by atoms with E-state index in [1.54, 1.807) is 36.6 Å². The van der Waals surface area contributed by atoms with Crippen molar-refractivity contribution in [3.05, 3.63) is 57.4 Å². The zero-order valence-corrected chi connectivity index (χ0v) is 14.1. The zero-order chi connectivity index (χ0) is 17.8. The van der Waals surface area contributed by atoms with Crippen LogP contribution in [-0.2, 0) is 16.0 Å². The Morgan fingerprint density at radius 3 is 2.92 bits per heavy atom. The minimum Gasteiger partial charge on any atom is -0.466 e. The lowest BCUT2D eigenvalue weighted by Crippen LogP contribution is -2.20. The molecule has 0 bridgehead atoms. The number of aromatic nitrogens is 1. The van der Waals surface area contributed by atoms with Crippen molar-refractivity contribution < 1.29 is 18.7 Å². The van der Waals surface area contributed by atoms with E-state index in [0.717, 1.165) is 11.3 Å². The molecule has 1 N–H and O–H groups in total. The van der Waals surface area contributed by atoms with Crippen molar-refractivity contribution >= 4 is 39.3 Å². The van der Waals surface area contributed by atoms with E-state index in [2.05, 4.69) is 10.3 Å². The fourth-order valence-electron chi connectivity index (χ4n) is 2.19. The van der Waals surface area contributed by atoms with Gasteiger partial charge in [0.2, 0.25) is 0 Å². The van der Waals surface area contributed by atoms with E-state index < -0.39 is 11.5 Å². The monoisotopic (exact) mass is 358 g/mol. The van der Waals surface area contributed by atoms with E-state index in [1.807, 2.05) is 0 Å². The van der Waals surface area contributed by atoms with Gasteiger partial charge in [-0.3, -0.25) is 14.9 Å². The summed E-state index contributed by atoms with van der Waals surface area (Å²) in [5, 5.41) is 5.13. The first-order valence-electron chi connectivity index (χ1n) is 7.51. The third-order valence-corrected chi connectivity index (χ3v) is 4.10. The van der Waals surface area contributed by atoms with Gasteiger partial charge in [0.15, 0.2) is 5.13 Å². The van der Waals surface area contributed by atoms with Crippen LogP contribution in [0.3, 0.4) is 0 Å². The van der Waals surface area contributed by atoms with Crippen molar-refractivity contribution in [2.45, 2.75) is 13.3 Å². The number of carbonyl (C=O) groups excluding carboxylic acids is 2. The number of ether oxygens (including phenoxy) is 1. The average molecular weight is 358 g/mol. The number of anilines is 1. The lowest BCUT2D eigenvalue weighted by Gasteiger charge is -2.02. The molecule has 0 radical (unpaired) electrons. The molecule has 1 aromatic carbocycles. The number of hydrogen-bond acceptors (Lipinski definition) is 7. The average Bonchev–Trinajstić information content (AvgIpc) is 3.01. The van der Waals surface area contributed by atoms with Gasteiger partial charge < -0.3 is 9.15 Å². The second kappa shape index (κ2) is 7.27. The first kappa shape index (κ1) is 16.8. The molecule has 1 amide bonds. The highest BCUT2D eigenvalue weighted by atomic mass is 32.1. The maximum atomic E-state index is 12.3. The molecule has 0 unspecified atom stereocenters. The van der Waals surface area contributed by atoms with Crippen LogP contribution in [-0.4, -0.2) is 23.5 Å². The molecule has 0 aliphatic carbocycles. The predicted molar refractivity (Wildman–Crippen MR) is 92.9 cm³/mol. The van der Waals surface area contributed by atoms with E-state index in [-0.39, 0.29) is 23.1 Å². The summed E-state index contributed by atoms with van der Waals surface area (Å²) in [6.07, 6.45) is 0.0261. The summed E-state index contributed by atoms with van der Waals surface area (Å²) in [6.45, 7) is 2.02. The van der Waals surface area contributed by atoms with Crippen molar-refractivity contribution in [2.24, 2.45) is 0 Å². The van der Waals surface area contributed by atoms with Gasteiger partial charge in [0, 0.05) is 10.8 Å². The molecule has 0 spiro atoms. The number of hydrogen-bond donors (Lipinski definition) is 1. The van der Waals surface area contributed by atoms with Gasteiger partial charge in [-0.25, -0.2) is 9.78 Å². The van der Waals surface area contributed by atoms with Crippen LogP contribution in [0.15, 0.2) is 44.9 Å². The molecule has 7 nitrogen and oxygen atoms in total.